The van der Waals surface area contributed by atoms with Gasteiger partial charge in [0.2, 0.25) is 0 Å². The van der Waals surface area contributed by atoms with Gasteiger partial charge in [0.05, 0.1) is 13.2 Å². The molecule has 46 heavy (non-hydrogen) atoms. The van der Waals surface area contributed by atoms with Gasteiger partial charge in [-0.25, -0.2) is 0 Å². The molecule has 0 saturated heterocycles. The van der Waals surface area contributed by atoms with Crippen molar-refractivity contribution in [2.75, 3.05) is 39.6 Å². The quantitative estimate of drug-likeness (QED) is 0.197. The van der Waals surface area contributed by atoms with Crippen LogP contribution in [0.2, 0.25) is 0 Å². The van der Waals surface area contributed by atoms with E-state index in [1.165, 1.54) is 87.8 Å². The largest absolute Gasteiger partial charge is 0.487 e. The number of hydrogen-bond donors (Lipinski definition) is 0. The lowest BCUT2D eigenvalue weighted by Gasteiger charge is -2.58. The lowest BCUT2D eigenvalue weighted by Crippen LogP contribution is -2.49. The second kappa shape index (κ2) is 10.9. The lowest BCUT2D eigenvalue weighted by molar-refractivity contribution is -0.00595. The Morgan fingerprint density at radius 3 is 1.50 bits per heavy atom. The molecule has 6 nitrogen and oxygen atoms in total. The Kier molecular flexibility index (Phi) is 6.72. The molecule has 12 rings (SSSR count). The van der Waals surface area contributed by atoms with Crippen LogP contribution in [-0.4, -0.2) is 39.6 Å². The maximum Gasteiger partial charge on any atom is 0.169 e. The summed E-state index contributed by atoms with van der Waals surface area (Å²) in [7, 11) is 0. The van der Waals surface area contributed by atoms with Gasteiger partial charge in [0.1, 0.15) is 39.0 Å². The SMILES string of the molecule is C1=C(COCCOc2ccc3c(C45CC6CC(CC(C6)C4)C5)ccc(C45CC6CC(CC(C6)C4)C5)c3c2OCCOCC2=CO2)O1. The molecule has 2 aromatic rings. The molecule has 6 heteroatoms. The third kappa shape index (κ3) is 5.05. The molecule has 2 aliphatic heterocycles. The van der Waals surface area contributed by atoms with Crippen molar-refractivity contribution >= 4 is 10.8 Å². The molecular weight excluding hydrogens is 576 g/mol. The first-order chi connectivity index (χ1) is 22.6. The van der Waals surface area contributed by atoms with Crippen LogP contribution in [0.5, 0.6) is 11.5 Å². The van der Waals surface area contributed by atoms with Crippen LogP contribution >= 0.6 is 0 Å². The third-order valence-electron chi connectivity index (χ3n) is 13.3. The van der Waals surface area contributed by atoms with Crippen LogP contribution < -0.4 is 9.47 Å². The minimum absolute atomic E-state index is 0.247. The Bertz CT molecular complexity index is 1520. The molecule has 2 aromatic carbocycles. The molecule has 0 atom stereocenters. The van der Waals surface area contributed by atoms with Gasteiger partial charge in [-0.05, 0) is 146 Å². The molecule has 8 aliphatic carbocycles. The van der Waals surface area contributed by atoms with Crippen LogP contribution in [-0.2, 0) is 29.8 Å². The lowest BCUT2D eigenvalue weighted by atomic mass is 9.46. The first kappa shape index (κ1) is 28.3. The molecule has 10 aliphatic rings. The fourth-order valence-corrected chi connectivity index (χ4v) is 12.4. The number of benzene rings is 2. The zero-order chi connectivity index (χ0) is 30.3. The molecule has 8 fully saturated rings. The smallest absolute Gasteiger partial charge is 0.169 e. The molecular formula is C40H48O6. The summed E-state index contributed by atoms with van der Waals surface area (Å²) >= 11 is 0. The van der Waals surface area contributed by atoms with E-state index in [0.29, 0.717) is 45.1 Å². The highest BCUT2D eigenvalue weighted by molar-refractivity contribution is 5.97. The van der Waals surface area contributed by atoms with Gasteiger partial charge in [0, 0.05) is 5.39 Å². The highest BCUT2D eigenvalue weighted by Crippen LogP contribution is 2.65. The number of fused-ring (bicyclic) bond motifs is 1. The minimum Gasteiger partial charge on any atom is -0.487 e. The molecule has 0 radical (unpaired) electrons. The molecule has 8 bridgehead atoms. The van der Waals surface area contributed by atoms with Gasteiger partial charge in [-0.1, -0.05) is 18.2 Å². The van der Waals surface area contributed by atoms with Crippen molar-refractivity contribution in [1.82, 2.24) is 0 Å². The summed E-state index contributed by atoms with van der Waals surface area (Å²) in [4.78, 5) is 0. The van der Waals surface area contributed by atoms with Crippen LogP contribution in [0.25, 0.3) is 10.8 Å². The van der Waals surface area contributed by atoms with E-state index < -0.39 is 0 Å². The highest BCUT2D eigenvalue weighted by Gasteiger charge is 2.54. The summed E-state index contributed by atoms with van der Waals surface area (Å²) in [5.74, 6) is 8.92. The van der Waals surface area contributed by atoms with E-state index in [-0.39, 0.29) is 5.41 Å². The molecule has 0 aromatic heterocycles. The summed E-state index contributed by atoms with van der Waals surface area (Å²) < 4.78 is 35.4. The standard InChI is InChI=1S/C40H48O6/c1-4-36(43-7-5-41-21-31-23-45-31)38(44-8-6-42-22-32-24-46-32)37-33(1)34(39-15-25-9-26(16-39)11-27(10-25)17-39)2-3-35(37)40-18-28-12-29(19-40)14-30(13-28)20-40/h1-4,23-30H,5-22H2. The number of hydrogen-bond acceptors (Lipinski definition) is 6. The van der Waals surface area contributed by atoms with Gasteiger partial charge in [0.15, 0.2) is 23.0 Å². The number of rotatable bonds is 14. The monoisotopic (exact) mass is 624 g/mol. The van der Waals surface area contributed by atoms with Crippen molar-refractivity contribution in [2.45, 2.75) is 87.9 Å². The Morgan fingerprint density at radius 2 is 1.00 bits per heavy atom. The van der Waals surface area contributed by atoms with Crippen molar-refractivity contribution in [3.8, 4) is 11.5 Å². The molecule has 8 saturated carbocycles. The fraction of sp³-hybridized carbons (Fsp3) is 0.650. The molecule has 0 N–H and O–H groups in total. The van der Waals surface area contributed by atoms with Crippen molar-refractivity contribution in [2.24, 2.45) is 35.5 Å². The van der Waals surface area contributed by atoms with Gasteiger partial charge in [-0.15, -0.1) is 0 Å². The van der Waals surface area contributed by atoms with Gasteiger partial charge >= 0.3 is 0 Å². The average molecular weight is 625 g/mol. The van der Waals surface area contributed by atoms with E-state index >= 15 is 0 Å². The third-order valence-corrected chi connectivity index (χ3v) is 13.3. The van der Waals surface area contributed by atoms with E-state index in [4.69, 9.17) is 28.4 Å². The van der Waals surface area contributed by atoms with Gasteiger partial charge in [-0.2, -0.15) is 0 Å². The van der Waals surface area contributed by atoms with Crippen LogP contribution in [0, 0.1) is 35.5 Å². The maximum atomic E-state index is 6.86. The van der Waals surface area contributed by atoms with Gasteiger partial charge in [-0.3, -0.25) is 0 Å². The van der Waals surface area contributed by atoms with Crippen molar-refractivity contribution in [3.63, 3.8) is 0 Å². The Morgan fingerprint density at radius 1 is 0.543 bits per heavy atom. The molecule has 0 unspecified atom stereocenters. The van der Waals surface area contributed by atoms with Crippen LogP contribution in [0.15, 0.2) is 48.3 Å². The van der Waals surface area contributed by atoms with Crippen LogP contribution in [0.3, 0.4) is 0 Å². The summed E-state index contributed by atoms with van der Waals surface area (Å²) in [5.41, 5.74) is 3.70. The first-order valence-electron chi connectivity index (χ1n) is 18.3. The van der Waals surface area contributed by atoms with Crippen LogP contribution in [0.1, 0.15) is 88.2 Å². The second-order valence-corrected chi connectivity index (χ2v) is 16.6. The van der Waals surface area contributed by atoms with Gasteiger partial charge in [0.25, 0.3) is 0 Å². The average Bonchev–Trinajstić information content (AvgIpc) is 3.96. The summed E-state index contributed by atoms with van der Waals surface area (Å²) in [6.45, 7) is 2.98. The topological polar surface area (TPSA) is 62.0 Å². The van der Waals surface area contributed by atoms with Crippen LogP contribution in [0.4, 0.5) is 0 Å². The Labute approximate surface area is 272 Å². The predicted molar refractivity (Wildman–Crippen MR) is 175 cm³/mol. The normalized spacial score (nSPS) is 37.1. The first-order valence-corrected chi connectivity index (χ1v) is 18.3. The van der Waals surface area contributed by atoms with Gasteiger partial charge < -0.3 is 28.4 Å². The highest BCUT2D eigenvalue weighted by atomic mass is 16.6. The summed E-state index contributed by atoms with van der Waals surface area (Å²) in [6, 6.07) is 9.82. The minimum atomic E-state index is 0.247. The molecule has 0 amide bonds. The zero-order valence-corrected chi connectivity index (χ0v) is 27.1. The second-order valence-electron chi connectivity index (χ2n) is 16.6. The number of ether oxygens (including phenoxy) is 6. The molecule has 0 spiro atoms. The van der Waals surface area contributed by atoms with Crippen molar-refractivity contribution in [1.29, 1.82) is 0 Å². The molecule has 244 valence electrons. The predicted octanol–water partition coefficient (Wildman–Crippen LogP) is 8.31. The van der Waals surface area contributed by atoms with Crippen molar-refractivity contribution < 1.29 is 28.4 Å². The van der Waals surface area contributed by atoms with E-state index in [2.05, 4.69) is 24.3 Å². The summed E-state index contributed by atoms with van der Waals surface area (Å²) in [6.07, 6.45) is 20.3. The summed E-state index contributed by atoms with van der Waals surface area (Å²) in [5, 5.41) is 2.78. The van der Waals surface area contributed by atoms with E-state index in [0.717, 1.165) is 58.5 Å². The molecule has 2 heterocycles. The maximum absolute atomic E-state index is 6.86. The van der Waals surface area contributed by atoms with E-state index in [1.807, 2.05) is 0 Å². The Hall–Kier alpha value is -2.70. The zero-order valence-electron chi connectivity index (χ0n) is 27.1. The fourth-order valence-electron chi connectivity index (χ4n) is 12.4. The Balaban J connectivity index is 1.06. The van der Waals surface area contributed by atoms with Crippen molar-refractivity contribution in [3.05, 3.63) is 59.4 Å². The van der Waals surface area contributed by atoms with E-state index in [9.17, 15) is 0 Å². The van der Waals surface area contributed by atoms with E-state index in [1.54, 1.807) is 23.7 Å².